The van der Waals surface area contributed by atoms with E-state index in [2.05, 4.69) is 53.6 Å². The average Bonchev–Trinajstić information content (AvgIpc) is 2.82. The van der Waals surface area contributed by atoms with Gasteiger partial charge in [0.1, 0.15) is 0 Å². The topological polar surface area (TPSA) is 28.2 Å². The maximum atomic E-state index is 4.26. The summed E-state index contributed by atoms with van der Waals surface area (Å²) in [5.74, 6) is 0. The van der Waals surface area contributed by atoms with Crippen molar-refractivity contribution in [2.45, 2.75) is 6.42 Å². The molecule has 0 aliphatic heterocycles. The number of nitrogens with zero attached hydrogens (tertiary/aromatic N) is 2. The summed E-state index contributed by atoms with van der Waals surface area (Å²) in [4.78, 5) is 6.37. The molecule has 1 aromatic heterocycles. The molecular formula is C13H17N3S. The van der Waals surface area contributed by atoms with Crippen molar-refractivity contribution in [3.63, 3.8) is 0 Å². The van der Waals surface area contributed by atoms with Crippen LogP contribution >= 0.6 is 11.3 Å². The molecule has 3 nitrogen and oxygen atoms in total. The third-order valence-corrected chi connectivity index (χ3v) is 3.35. The highest BCUT2D eigenvalue weighted by atomic mass is 32.1. The van der Waals surface area contributed by atoms with E-state index in [1.165, 1.54) is 10.7 Å². The molecular weight excluding hydrogens is 230 g/mol. The fourth-order valence-corrected chi connectivity index (χ4v) is 2.20. The summed E-state index contributed by atoms with van der Waals surface area (Å²) in [5.41, 5.74) is 2.37. The largest absolute Gasteiger partial charge is 0.385 e. The second-order valence-electron chi connectivity index (χ2n) is 4.05. The number of hydrogen-bond donors (Lipinski definition) is 1. The minimum absolute atomic E-state index is 0.921. The van der Waals surface area contributed by atoms with Gasteiger partial charge >= 0.3 is 0 Å². The Bertz CT molecular complexity index is 451. The van der Waals surface area contributed by atoms with E-state index >= 15 is 0 Å². The number of nitrogens with one attached hydrogen (secondary N) is 1. The lowest BCUT2D eigenvalue weighted by Gasteiger charge is -2.14. The third kappa shape index (κ3) is 3.46. The van der Waals surface area contributed by atoms with Gasteiger partial charge < -0.3 is 10.2 Å². The Kier molecular flexibility index (Phi) is 3.98. The third-order valence-electron chi connectivity index (χ3n) is 2.51. The van der Waals surface area contributed by atoms with Crippen molar-refractivity contribution in [3.8, 4) is 0 Å². The van der Waals surface area contributed by atoms with Gasteiger partial charge in [-0.05, 0) is 18.2 Å². The summed E-state index contributed by atoms with van der Waals surface area (Å²) in [7, 11) is 4.10. The highest BCUT2D eigenvalue weighted by molar-refractivity contribution is 7.09. The molecule has 0 atom stereocenters. The molecule has 0 bridgehead atoms. The van der Waals surface area contributed by atoms with Gasteiger partial charge in [-0.2, -0.15) is 0 Å². The highest BCUT2D eigenvalue weighted by Gasteiger charge is 1.98. The van der Waals surface area contributed by atoms with E-state index in [1.54, 1.807) is 11.3 Å². The summed E-state index contributed by atoms with van der Waals surface area (Å²) < 4.78 is 0. The molecule has 90 valence electrons. The summed E-state index contributed by atoms with van der Waals surface area (Å²) in [6.07, 6.45) is 2.83. The molecule has 17 heavy (non-hydrogen) atoms. The summed E-state index contributed by atoms with van der Waals surface area (Å²) in [5, 5.41) is 6.62. The van der Waals surface area contributed by atoms with Gasteiger partial charge in [0.2, 0.25) is 0 Å². The molecule has 1 aromatic carbocycles. The zero-order valence-electron chi connectivity index (χ0n) is 10.2. The molecule has 0 unspecified atom stereocenters. The van der Waals surface area contributed by atoms with Crippen molar-refractivity contribution in [2.75, 3.05) is 30.9 Å². The number of hydrogen-bond acceptors (Lipinski definition) is 4. The molecule has 0 radical (unpaired) electrons. The van der Waals surface area contributed by atoms with Crippen LogP contribution in [0.25, 0.3) is 0 Å². The van der Waals surface area contributed by atoms with Crippen LogP contribution in [-0.4, -0.2) is 25.6 Å². The Balaban J connectivity index is 1.88. The van der Waals surface area contributed by atoms with Crippen LogP contribution in [-0.2, 0) is 6.42 Å². The van der Waals surface area contributed by atoms with Gasteiger partial charge in [0, 0.05) is 50.0 Å². The van der Waals surface area contributed by atoms with Crippen LogP contribution in [0.4, 0.5) is 11.4 Å². The van der Waals surface area contributed by atoms with Crippen LogP contribution in [0.3, 0.4) is 0 Å². The van der Waals surface area contributed by atoms with Crippen molar-refractivity contribution in [2.24, 2.45) is 0 Å². The number of anilines is 2. The van der Waals surface area contributed by atoms with Crippen LogP contribution in [0.2, 0.25) is 0 Å². The summed E-state index contributed by atoms with van der Waals surface area (Å²) in [6, 6.07) is 8.42. The molecule has 0 saturated heterocycles. The van der Waals surface area contributed by atoms with Crippen LogP contribution in [0.5, 0.6) is 0 Å². The number of thiazole rings is 1. The molecule has 4 heteroatoms. The quantitative estimate of drug-likeness (QED) is 0.880. The van der Waals surface area contributed by atoms with E-state index in [0.29, 0.717) is 0 Å². The molecule has 2 aromatic rings. The van der Waals surface area contributed by atoms with E-state index in [4.69, 9.17) is 0 Å². The number of benzene rings is 1. The average molecular weight is 247 g/mol. The van der Waals surface area contributed by atoms with E-state index < -0.39 is 0 Å². The van der Waals surface area contributed by atoms with E-state index in [-0.39, 0.29) is 0 Å². The summed E-state index contributed by atoms with van der Waals surface area (Å²) >= 11 is 1.71. The second kappa shape index (κ2) is 5.68. The van der Waals surface area contributed by atoms with Gasteiger partial charge in [-0.25, -0.2) is 4.98 Å². The molecule has 1 N–H and O–H groups in total. The van der Waals surface area contributed by atoms with Gasteiger partial charge in [0.15, 0.2) is 0 Å². The van der Waals surface area contributed by atoms with Gasteiger partial charge in [-0.3, -0.25) is 0 Å². The predicted molar refractivity (Wildman–Crippen MR) is 75.1 cm³/mol. The molecule has 0 spiro atoms. The Morgan fingerprint density at radius 1 is 1.35 bits per heavy atom. The smallest absolute Gasteiger partial charge is 0.0942 e. The monoisotopic (exact) mass is 247 g/mol. The molecule has 0 fully saturated rings. The first-order chi connectivity index (χ1) is 8.25. The van der Waals surface area contributed by atoms with Crippen LogP contribution in [0.1, 0.15) is 5.01 Å². The Morgan fingerprint density at radius 2 is 2.24 bits per heavy atom. The lowest BCUT2D eigenvalue weighted by atomic mass is 10.2. The second-order valence-corrected chi connectivity index (χ2v) is 5.03. The Labute approximate surface area is 106 Å². The normalized spacial score (nSPS) is 10.2. The van der Waals surface area contributed by atoms with E-state index in [0.717, 1.165) is 18.7 Å². The van der Waals surface area contributed by atoms with Crippen molar-refractivity contribution in [3.05, 3.63) is 40.8 Å². The van der Waals surface area contributed by atoms with E-state index in [1.807, 2.05) is 11.6 Å². The highest BCUT2D eigenvalue weighted by Crippen LogP contribution is 2.17. The molecule has 1 heterocycles. The van der Waals surface area contributed by atoms with Crippen LogP contribution in [0.15, 0.2) is 35.8 Å². The Hall–Kier alpha value is -1.55. The van der Waals surface area contributed by atoms with Crippen LogP contribution in [0, 0.1) is 0 Å². The standard InChI is InChI=1S/C13H17N3S/c1-16(2)12-5-3-4-11(10-12)14-7-6-13-15-8-9-17-13/h3-5,8-10,14H,6-7H2,1-2H3. The Morgan fingerprint density at radius 3 is 2.94 bits per heavy atom. The molecule has 2 rings (SSSR count). The first-order valence-corrected chi connectivity index (χ1v) is 6.53. The van der Waals surface area contributed by atoms with E-state index in [9.17, 15) is 0 Å². The van der Waals surface area contributed by atoms with Gasteiger partial charge in [0.05, 0.1) is 5.01 Å². The van der Waals surface area contributed by atoms with Gasteiger partial charge in [0.25, 0.3) is 0 Å². The molecule has 0 amide bonds. The summed E-state index contributed by atoms with van der Waals surface area (Å²) in [6.45, 7) is 0.921. The zero-order valence-corrected chi connectivity index (χ0v) is 11.0. The molecule has 0 aliphatic carbocycles. The zero-order chi connectivity index (χ0) is 12.1. The first kappa shape index (κ1) is 11.9. The minimum Gasteiger partial charge on any atom is -0.385 e. The SMILES string of the molecule is CN(C)c1cccc(NCCc2nccs2)c1. The predicted octanol–water partition coefficient (Wildman–Crippen LogP) is 2.86. The number of rotatable bonds is 5. The fourth-order valence-electron chi connectivity index (χ4n) is 1.58. The van der Waals surface area contributed by atoms with Crippen molar-refractivity contribution in [1.29, 1.82) is 0 Å². The lowest BCUT2D eigenvalue weighted by Crippen LogP contribution is -2.09. The first-order valence-electron chi connectivity index (χ1n) is 5.65. The fraction of sp³-hybridized carbons (Fsp3) is 0.308. The minimum atomic E-state index is 0.921. The molecule has 0 aliphatic rings. The lowest BCUT2D eigenvalue weighted by molar-refractivity contribution is 0.997. The maximum Gasteiger partial charge on any atom is 0.0942 e. The van der Waals surface area contributed by atoms with Crippen molar-refractivity contribution < 1.29 is 0 Å². The number of aromatic nitrogens is 1. The van der Waals surface area contributed by atoms with Gasteiger partial charge in [-0.1, -0.05) is 6.07 Å². The van der Waals surface area contributed by atoms with Crippen molar-refractivity contribution in [1.82, 2.24) is 4.98 Å². The van der Waals surface area contributed by atoms with Gasteiger partial charge in [-0.15, -0.1) is 11.3 Å². The maximum absolute atomic E-state index is 4.26. The van der Waals surface area contributed by atoms with Crippen LogP contribution < -0.4 is 10.2 Å². The molecule has 0 saturated carbocycles. The van der Waals surface area contributed by atoms with Crippen molar-refractivity contribution >= 4 is 22.7 Å².